The van der Waals surface area contributed by atoms with E-state index in [1.165, 1.54) is 26.2 Å². The topological polar surface area (TPSA) is 74.8 Å². The lowest BCUT2D eigenvalue weighted by Gasteiger charge is -2.42. The van der Waals surface area contributed by atoms with E-state index in [-0.39, 0.29) is 5.91 Å². The summed E-state index contributed by atoms with van der Waals surface area (Å²) in [4.78, 5) is 15.9. The molecular formula is C20H32N4O2. The van der Waals surface area contributed by atoms with Gasteiger partial charge in [-0.05, 0) is 49.3 Å². The molecule has 0 atom stereocenters. The smallest absolute Gasteiger partial charge is 0.221 e. The molecule has 1 amide bonds. The second-order valence-corrected chi connectivity index (χ2v) is 7.03. The van der Waals surface area contributed by atoms with Crippen molar-refractivity contribution < 1.29 is 9.53 Å². The van der Waals surface area contributed by atoms with Gasteiger partial charge in [-0.25, -0.2) is 4.99 Å². The number of hydrogen-bond acceptors (Lipinski definition) is 3. The van der Waals surface area contributed by atoms with Gasteiger partial charge in [0.2, 0.25) is 5.91 Å². The second kappa shape index (κ2) is 10.2. The van der Waals surface area contributed by atoms with E-state index >= 15 is 0 Å². The molecule has 1 fully saturated rings. The van der Waals surface area contributed by atoms with Crippen LogP contribution in [-0.4, -0.2) is 38.7 Å². The molecule has 0 heterocycles. The van der Waals surface area contributed by atoms with Crippen LogP contribution in [0, 0.1) is 5.41 Å². The molecule has 26 heavy (non-hydrogen) atoms. The third-order valence-electron chi connectivity index (χ3n) is 4.89. The standard InChI is InChI=1S/C20H32N4O2/c1-4-21-19(23-15-20(9-6-10-20)11-12-26-3)22-14-17-7-5-8-18(13-17)24-16(2)25/h5,7-8,13H,4,6,9-12,14-15H2,1-3H3,(H,24,25)(H2,21,22,23). The first-order chi connectivity index (χ1) is 12.6. The zero-order chi connectivity index (χ0) is 18.8. The quantitative estimate of drug-likeness (QED) is 0.468. The molecule has 144 valence electrons. The first kappa shape index (κ1) is 20.2. The Morgan fingerprint density at radius 1 is 1.31 bits per heavy atom. The van der Waals surface area contributed by atoms with Crippen molar-refractivity contribution in [3.8, 4) is 0 Å². The first-order valence-electron chi connectivity index (χ1n) is 9.44. The number of amides is 1. The van der Waals surface area contributed by atoms with Gasteiger partial charge in [0.25, 0.3) is 0 Å². The third-order valence-corrected chi connectivity index (χ3v) is 4.89. The number of rotatable bonds is 9. The van der Waals surface area contributed by atoms with Crippen LogP contribution >= 0.6 is 0 Å². The molecular weight excluding hydrogens is 328 g/mol. The highest BCUT2D eigenvalue weighted by atomic mass is 16.5. The predicted molar refractivity (Wildman–Crippen MR) is 106 cm³/mol. The van der Waals surface area contributed by atoms with Gasteiger partial charge in [0.15, 0.2) is 5.96 Å². The van der Waals surface area contributed by atoms with Crippen molar-refractivity contribution in [1.29, 1.82) is 0 Å². The Bertz CT molecular complexity index is 612. The summed E-state index contributed by atoms with van der Waals surface area (Å²) in [5, 5.41) is 9.62. The van der Waals surface area contributed by atoms with Crippen LogP contribution in [0.5, 0.6) is 0 Å². The van der Waals surface area contributed by atoms with Crippen molar-refractivity contribution in [2.45, 2.75) is 46.1 Å². The van der Waals surface area contributed by atoms with Gasteiger partial charge in [-0.2, -0.15) is 0 Å². The monoisotopic (exact) mass is 360 g/mol. The van der Waals surface area contributed by atoms with Crippen LogP contribution in [0.4, 0.5) is 5.69 Å². The Morgan fingerprint density at radius 3 is 2.73 bits per heavy atom. The van der Waals surface area contributed by atoms with Crippen LogP contribution < -0.4 is 16.0 Å². The van der Waals surface area contributed by atoms with Crippen LogP contribution in [0.3, 0.4) is 0 Å². The number of carbonyl (C=O) groups excluding carboxylic acids is 1. The summed E-state index contributed by atoms with van der Waals surface area (Å²) in [5.41, 5.74) is 2.21. The van der Waals surface area contributed by atoms with Gasteiger partial charge < -0.3 is 20.7 Å². The van der Waals surface area contributed by atoms with Crippen LogP contribution in [0.2, 0.25) is 0 Å². The van der Waals surface area contributed by atoms with Crippen LogP contribution in [0.1, 0.15) is 45.1 Å². The number of aliphatic imine (C=N–C) groups is 1. The van der Waals surface area contributed by atoms with Crippen LogP contribution in [0.25, 0.3) is 0 Å². The van der Waals surface area contributed by atoms with Crippen LogP contribution in [0.15, 0.2) is 29.3 Å². The maximum absolute atomic E-state index is 11.2. The zero-order valence-corrected chi connectivity index (χ0v) is 16.2. The number of nitrogens with zero attached hydrogens (tertiary/aromatic N) is 1. The van der Waals surface area contributed by atoms with Gasteiger partial charge >= 0.3 is 0 Å². The van der Waals surface area contributed by atoms with E-state index < -0.39 is 0 Å². The predicted octanol–water partition coefficient (Wildman–Crippen LogP) is 2.91. The minimum atomic E-state index is -0.0671. The highest BCUT2D eigenvalue weighted by Crippen LogP contribution is 2.43. The molecule has 0 spiro atoms. The molecule has 1 aliphatic rings. The minimum absolute atomic E-state index is 0.0671. The molecule has 0 bridgehead atoms. The Balaban J connectivity index is 1.94. The van der Waals surface area contributed by atoms with Crippen molar-refractivity contribution in [2.24, 2.45) is 10.4 Å². The van der Waals surface area contributed by atoms with E-state index in [0.29, 0.717) is 12.0 Å². The van der Waals surface area contributed by atoms with E-state index in [1.807, 2.05) is 24.3 Å². The molecule has 2 rings (SSSR count). The molecule has 1 aliphatic carbocycles. The Hall–Kier alpha value is -2.08. The van der Waals surface area contributed by atoms with Crippen molar-refractivity contribution in [2.75, 3.05) is 32.1 Å². The lowest BCUT2D eigenvalue weighted by atomic mass is 9.67. The number of anilines is 1. The van der Waals surface area contributed by atoms with E-state index in [9.17, 15) is 4.79 Å². The fourth-order valence-electron chi connectivity index (χ4n) is 3.24. The van der Waals surface area contributed by atoms with Gasteiger partial charge in [-0.3, -0.25) is 4.79 Å². The van der Waals surface area contributed by atoms with Gasteiger partial charge in [-0.15, -0.1) is 0 Å². The molecule has 6 nitrogen and oxygen atoms in total. The Kier molecular flexibility index (Phi) is 7.91. The van der Waals surface area contributed by atoms with Crippen molar-refractivity contribution in [3.05, 3.63) is 29.8 Å². The van der Waals surface area contributed by atoms with Crippen molar-refractivity contribution >= 4 is 17.6 Å². The lowest BCUT2D eigenvalue weighted by molar-refractivity contribution is -0.114. The summed E-state index contributed by atoms with van der Waals surface area (Å²) in [6.45, 7) is 6.70. The highest BCUT2D eigenvalue weighted by molar-refractivity contribution is 5.88. The summed E-state index contributed by atoms with van der Waals surface area (Å²) in [5.74, 6) is 0.767. The molecule has 0 aromatic heterocycles. The minimum Gasteiger partial charge on any atom is -0.385 e. The third kappa shape index (κ3) is 6.33. The maximum atomic E-state index is 11.2. The molecule has 1 saturated carbocycles. The summed E-state index contributed by atoms with van der Waals surface area (Å²) in [7, 11) is 1.76. The molecule has 0 aliphatic heterocycles. The number of guanidine groups is 1. The number of methoxy groups -OCH3 is 1. The van der Waals surface area contributed by atoms with Gasteiger partial charge in [0.1, 0.15) is 0 Å². The van der Waals surface area contributed by atoms with Gasteiger partial charge in [0, 0.05) is 39.4 Å². The largest absolute Gasteiger partial charge is 0.385 e. The maximum Gasteiger partial charge on any atom is 0.221 e. The molecule has 0 unspecified atom stereocenters. The summed E-state index contributed by atoms with van der Waals surface area (Å²) < 4.78 is 5.27. The molecule has 0 saturated heterocycles. The van der Waals surface area contributed by atoms with E-state index in [0.717, 1.165) is 43.3 Å². The number of nitrogens with one attached hydrogen (secondary N) is 3. The fraction of sp³-hybridized carbons (Fsp3) is 0.600. The second-order valence-electron chi connectivity index (χ2n) is 7.03. The average Bonchev–Trinajstić information content (AvgIpc) is 2.58. The Morgan fingerprint density at radius 2 is 2.12 bits per heavy atom. The molecule has 1 aromatic carbocycles. The van der Waals surface area contributed by atoms with E-state index in [4.69, 9.17) is 9.73 Å². The molecule has 3 N–H and O–H groups in total. The van der Waals surface area contributed by atoms with Gasteiger partial charge in [-0.1, -0.05) is 18.6 Å². The number of carbonyl (C=O) groups is 1. The summed E-state index contributed by atoms with van der Waals surface area (Å²) >= 11 is 0. The number of benzene rings is 1. The highest BCUT2D eigenvalue weighted by Gasteiger charge is 2.36. The normalized spacial score (nSPS) is 15.9. The fourth-order valence-corrected chi connectivity index (χ4v) is 3.24. The van der Waals surface area contributed by atoms with E-state index in [2.05, 4.69) is 22.9 Å². The lowest BCUT2D eigenvalue weighted by Crippen LogP contribution is -2.46. The van der Waals surface area contributed by atoms with Crippen molar-refractivity contribution in [3.63, 3.8) is 0 Å². The SMILES string of the molecule is CCNC(=NCc1cccc(NC(C)=O)c1)NCC1(CCOC)CCC1. The van der Waals surface area contributed by atoms with Crippen molar-refractivity contribution in [1.82, 2.24) is 10.6 Å². The van der Waals surface area contributed by atoms with Crippen LogP contribution in [-0.2, 0) is 16.1 Å². The van der Waals surface area contributed by atoms with E-state index in [1.54, 1.807) is 7.11 Å². The molecule has 6 heteroatoms. The zero-order valence-electron chi connectivity index (χ0n) is 16.2. The molecule has 1 aromatic rings. The summed E-state index contributed by atoms with van der Waals surface area (Å²) in [6.07, 6.45) is 4.90. The number of ether oxygens (including phenoxy) is 1. The number of hydrogen-bond donors (Lipinski definition) is 3. The Labute approximate surface area is 156 Å². The van der Waals surface area contributed by atoms with Gasteiger partial charge in [0.05, 0.1) is 6.54 Å². The first-order valence-corrected chi connectivity index (χ1v) is 9.44. The molecule has 0 radical (unpaired) electrons. The summed E-state index contributed by atoms with van der Waals surface area (Å²) in [6, 6.07) is 7.80. The average molecular weight is 361 g/mol.